The first-order valence-electron chi connectivity index (χ1n) is 9.98. The van der Waals surface area contributed by atoms with Gasteiger partial charge in [-0.1, -0.05) is 24.3 Å². The Kier molecular flexibility index (Phi) is 4.55. The van der Waals surface area contributed by atoms with E-state index in [-0.39, 0.29) is 17.6 Å². The third-order valence-corrected chi connectivity index (χ3v) is 6.08. The number of fused-ring (bicyclic) bond motifs is 4. The SMILES string of the molecule is CCOc1ccc2[nH]c(C(=O)N3CC(CCl)c4c3cc(O)c3ccccc43)cc2c1. The number of H-pyrrole nitrogens is 1. The molecule has 0 fully saturated rings. The van der Waals surface area contributed by atoms with Crippen molar-refractivity contribution in [2.24, 2.45) is 0 Å². The van der Waals surface area contributed by atoms with E-state index in [1.54, 1.807) is 11.0 Å². The zero-order valence-electron chi connectivity index (χ0n) is 16.5. The summed E-state index contributed by atoms with van der Waals surface area (Å²) in [5.74, 6) is 1.19. The molecule has 0 spiro atoms. The molecule has 0 saturated carbocycles. The summed E-state index contributed by atoms with van der Waals surface area (Å²) in [6.07, 6.45) is 0. The van der Waals surface area contributed by atoms with Crippen molar-refractivity contribution in [3.63, 3.8) is 0 Å². The highest BCUT2D eigenvalue weighted by Crippen LogP contribution is 2.45. The molecule has 1 unspecified atom stereocenters. The number of halogens is 1. The van der Waals surface area contributed by atoms with Crippen LogP contribution in [0, 0.1) is 0 Å². The van der Waals surface area contributed by atoms with Gasteiger partial charge in [-0.15, -0.1) is 11.6 Å². The number of amides is 1. The number of anilines is 1. The predicted octanol–water partition coefficient (Wildman–Crippen LogP) is 5.41. The van der Waals surface area contributed by atoms with Crippen molar-refractivity contribution in [1.82, 2.24) is 4.98 Å². The Labute approximate surface area is 178 Å². The van der Waals surface area contributed by atoms with Crippen molar-refractivity contribution in [2.45, 2.75) is 12.8 Å². The van der Waals surface area contributed by atoms with Crippen LogP contribution in [0.5, 0.6) is 11.5 Å². The molecule has 5 rings (SSSR count). The average Bonchev–Trinajstić information content (AvgIpc) is 3.35. The molecule has 2 heterocycles. The molecule has 1 aromatic heterocycles. The number of carbonyl (C=O) groups excluding carboxylic acids is 1. The molecule has 30 heavy (non-hydrogen) atoms. The number of aromatic hydroxyl groups is 1. The third kappa shape index (κ3) is 2.89. The number of phenolic OH excluding ortho intramolecular Hbond substituents is 1. The number of hydrogen-bond donors (Lipinski definition) is 2. The molecule has 6 heteroatoms. The maximum Gasteiger partial charge on any atom is 0.274 e. The monoisotopic (exact) mass is 420 g/mol. The molecular formula is C24H21ClN2O3. The van der Waals surface area contributed by atoms with Gasteiger partial charge in [0.15, 0.2) is 0 Å². The van der Waals surface area contributed by atoms with Crippen molar-refractivity contribution in [3.05, 3.63) is 65.9 Å². The number of nitrogens with zero attached hydrogens (tertiary/aromatic N) is 1. The number of carbonyl (C=O) groups is 1. The van der Waals surface area contributed by atoms with E-state index < -0.39 is 0 Å². The maximum absolute atomic E-state index is 13.4. The van der Waals surface area contributed by atoms with E-state index in [1.165, 1.54) is 0 Å². The molecule has 152 valence electrons. The molecule has 1 aliphatic heterocycles. The molecule has 1 amide bonds. The zero-order valence-corrected chi connectivity index (χ0v) is 17.2. The fourth-order valence-corrected chi connectivity index (χ4v) is 4.62. The van der Waals surface area contributed by atoms with Gasteiger partial charge in [0.1, 0.15) is 17.2 Å². The van der Waals surface area contributed by atoms with E-state index in [4.69, 9.17) is 16.3 Å². The van der Waals surface area contributed by atoms with Crippen LogP contribution in [-0.2, 0) is 0 Å². The minimum absolute atomic E-state index is 0.00468. The second kappa shape index (κ2) is 7.26. The van der Waals surface area contributed by atoms with Gasteiger partial charge in [0, 0.05) is 40.7 Å². The average molecular weight is 421 g/mol. The van der Waals surface area contributed by atoms with Gasteiger partial charge in [-0.25, -0.2) is 0 Å². The number of nitrogens with one attached hydrogen (secondary N) is 1. The summed E-state index contributed by atoms with van der Waals surface area (Å²) in [6.45, 7) is 3.00. The van der Waals surface area contributed by atoms with Gasteiger partial charge < -0.3 is 19.7 Å². The molecular weight excluding hydrogens is 400 g/mol. The quantitative estimate of drug-likeness (QED) is 0.434. The van der Waals surface area contributed by atoms with Crippen LogP contribution >= 0.6 is 11.6 Å². The maximum atomic E-state index is 13.4. The second-order valence-electron chi connectivity index (χ2n) is 7.51. The van der Waals surface area contributed by atoms with Gasteiger partial charge in [-0.2, -0.15) is 0 Å². The standard InChI is InChI=1S/C24H21ClN2O3/c1-2-30-16-7-8-19-14(9-16)10-20(26-19)24(29)27-13-15(12-25)23-18-6-4-3-5-17(18)22(28)11-21(23)27/h3-11,15,26,28H,2,12-13H2,1H3. The van der Waals surface area contributed by atoms with Crippen LogP contribution in [-0.4, -0.2) is 35.0 Å². The van der Waals surface area contributed by atoms with Crippen LogP contribution in [0.25, 0.3) is 21.7 Å². The Morgan fingerprint density at radius 1 is 1.20 bits per heavy atom. The molecule has 1 aliphatic rings. The highest BCUT2D eigenvalue weighted by Gasteiger charge is 2.35. The van der Waals surface area contributed by atoms with Crippen LogP contribution in [0.2, 0.25) is 0 Å². The van der Waals surface area contributed by atoms with E-state index in [0.717, 1.165) is 38.7 Å². The molecule has 0 bridgehead atoms. The molecule has 0 radical (unpaired) electrons. The molecule has 1 atom stereocenters. The van der Waals surface area contributed by atoms with Crippen molar-refractivity contribution >= 4 is 44.9 Å². The highest BCUT2D eigenvalue weighted by atomic mass is 35.5. The number of hydrogen-bond acceptors (Lipinski definition) is 3. The van der Waals surface area contributed by atoms with Crippen LogP contribution in [0.15, 0.2) is 54.6 Å². The Bertz CT molecular complexity index is 1280. The van der Waals surface area contributed by atoms with Crippen LogP contribution < -0.4 is 9.64 Å². The van der Waals surface area contributed by atoms with E-state index in [0.29, 0.717) is 24.7 Å². The summed E-state index contributed by atoms with van der Waals surface area (Å²) < 4.78 is 5.56. The lowest BCUT2D eigenvalue weighted by Crippen LogP contribution is -2.30. The Morgan fingerprint density at radius 2 is 2.00 bits per heavy atom. The van der Waals surface area contributed by atoms with E-state index in [9.17, 15) is 9.90 Å². The van der Waals surface area contributed by atoms with Gasteiger partial charge >= 0.3 is 0 Å². The zero-order chi connectivity index (χ0) is 20.8. The normalized spacial score (nSPS) is 15.7. The lowest BCUT2D eigenvalue weighted by atomic mass is 9.95. The molecule has 0 saturated heterocycles. The number of ether oxygens (including phenoxy) is 1. The summed E-state index contributed by atoms with van der Waals surface area (Å²) in [7, 11) is 0. The van der Waals surface area contributed by atoms with E-state index >= 15 is 0 Å². The first-order valence-corrected chi connectivity index (χ1v) is 10.5. The second-order valence-corrected chi connectivity index (χ2v) is 7.81. The van der Waals surface area contributed by atoms with Crippen LogP contribution in [0.3, 0.4) is 0 Å². The Hall–Kier alpha value is -3.18. The van der Waals surface area contributed by atoms with Gasteiger partial charge in [-0.3, -0.25) is 4.79 Å². The van der Waals surface area contributed by atoms with Gasteiger partial charge in [0.05, 0.1) is 12.3 Å². The lowest BCUT2D eigenvalue weighted by molar-refractivity contribution is 0.0984. The topological polar surface area (TPSA) is 65.6 Å². The summed E-state index contributed by atoms with van der Waals surface area (Å²) in [4.78, 5) is 18.4. The molecule has 3 aromatic carbocycles. The number of rotatable bonds is 4. The van der Waals surface area contributed by atoms with Crippen LogP contribution in [0.4, 0.5) is 5.69 Å². The van der Waals surface area contributed by atoms with Gasteiger partial charge in [-0.05, 0) is 42.1 Å². The summed E-state index contributed by atoms with van der Waals surface area (Å²) >= 11 is 6.28. The number of benzene rings is 3. The number of aromatic nitrogens is 1. The molecule has 4 aromatic rings. The third-order valence-electron chi connectivity index (χ3n) is 5.71. The molecule has 5 nitrogen and oxygen atoms in total. The minimum Gasteiger partial charge on any atom is -0.507 e. The minimum atomic E-state index is -0.146. The smallest absolute Gasteiger partial charge is 0.274 e. The largest absolute Gasteiger partial charge is 0.507 e. The fraction of sp³-hybridized carbons (Fsp3) is 0.208. The van der Waals surface area contributed by atoms with Crippen molar-refractivity contribution in [3.8, 4) is 11.5 Å². The number of phenols is 1. The molecule has 0 aliphatic carbocycles. The van der Waals surface area contributed by atoms with Crippen molar-refractivity contribution in [1.29, 1.82) is 0 Å². The first kappa shape index (κ1) is 18.8. The number of alkyl halides is 1. The fourth-order valence-electron chi connectivity index (χ4n) is 4.37. The van der Waals surface area contributed by atoms with Crippen molar-refractivity contribution in [2.75, 3.05) is 23.9 Å². The molecule has 2 N–H and O–H groups in total. The highest BCUT2D eigenvalue weighted by molar-refractivity contribution is 6.19. The lowest BCUT2D eigenvalue weighted by Gasteiger charge is -2.17. The van der Waals surface area contributed by atoms with E-state index in [2.05, 4.69) is 4.98 Å². The van der Waals surface area contributed by atoms with Crippen LogP contribution in [0.1, 0.15) is 28.9 Å². The van der Waals surface area contributed by atoms with Gasteiger partial charge in [0.25, 0.3) is 5.91 Å². The van der Waals surface area contributed by atoms with Gasteiger partial charge in [0.2, 0.25) is 0 Å². The summed E-state index contributed by atoms with van der Waals surface area (Å²) in [5, 5.41) is 13.2. The Morgan fingerprint density at radius 3 is 2.77 bits per heavy atom. The Balaban J connectivity index is 1.59. The summed E-state index contributed by atoms with van der Waals surface area (Å²) in [5.41, 5.74) is 3.10. The van der Waals surface area contributed by atoms with Crippen molar-refractivity contribution < 1.29 is 14.6 Å². The predicted molar refractivity (Wildman–Crippen MR) is 120 cm³/mol. The number of aromatic amines is 1. The summed E-state index contributed by atoms with van der Waals surface area (Å²) in [6, 6.07) is 16.9. The van der Waals surface area contributed by atoms with E-state index in [1.807, 2.05) is 55.5 Å². The first-order chi connectivity index (χ1) is 14.6.